The van der Waals surface area contributed by atoms with Gasteiger partial charge in [0.15, 0.2) is 0 Å². The summed E-state index contributed by atoms with van der Waals surface area (Å²) in [5.74, 6) is 0.324. The van der Waals surface area contributed by atoms with Crippen molar-refractivity contribution in [3.05, 3.63) is 66.5 Å². The Morgan fingerprint density at radius 1 is 1.12 bits per heavy atom. The Bertz CT molecular complexity index is 951. The first-order chi connectivity index (χ1) is 11.6. The first kappa shape index (κ1) is 15.4. The molecule has 1 fully saturated rings. The second-order valence-electron chi connectivity index (χ2n) is 6.26. The molecule has 2 atom stereocenters. The van der Waals surface area contributed by atoms with Crippen molar-refractivity contribution < 1.29 is 8.42 Å². The number of sulfonamides is 1. The van der Waals surface area contributed by atoms with Crippen LogP contribution in [0.3, 0.4) is 0 Å². The van der Waals surface area contributed by atoms with E-state index in [9.17, 15) is 8.42 Å². The number of rotatable bonds is 6. The monoisotopic (exact) mass is 341 g/mol. The first-order valence-corrected chi connectivity index (χ1v) is 9.72. The second-order valence-corrected chi connectivity index (χ2v) is 8.13. The molecule has 124 valence electrons. The molecule has 2 aromatic carbocycles. The van der Waals surface area contributed by atoms with Crippen LogP contribution in [0.2, 0.25) is 0 Å². The van der Waals surface area contributed by atoms with Gasteiger partial charge in [-0.05, 0) is 28.8 Å². The van der Waals surface area contributed by atoms with E-state index < -0.39 is 10.0 Å². The summed E-state index contributed by atoms with van der Waals surface area (Å²) < 4.78 is 28.9. The fraction of sp³-hybridized carbons (Fsp3) is 0.278. The van der Waals surface area contributed by atoms with Gasteiger partial charge in [0.25, 0.3) is 0 Å². The number of nitrogens with zero attached hydrogens (tertiary/aromatic N) is 2. The minimum Gasteiger partial charge on any atom is -0.272 e. The summed E-state index contributed by atoms with van der Waals surface area (Å²) in [6, 6.07) is 16.4. The van der Waals surface area contributed by atoms with Crippen molar-refractivity contribution in [1.29, 1.82) is 0 Å². The Hall–Kier alpha value is -2.18. The van der Waals surface area contributed by atoms with E-state index in [0.29, 0.717) is 6.54 Å². The molecule has 0 spiro atoms. The molecule has 1 saturated carbocycles. The molecule has 1 N–H and O–H groups in total. The number of aromatic nitrogens is 2. The summed E-state index contributed by atoms with van der Waals surface area (Å²) in [6.45, 7) is 0.371. The van der Waals surface area contributed by atoms with Gasteiger partial charge in [0.2, 0.25) is 10.0 Å². The SMILES string of the molecule is O=S(=O)(CCn1cccn1)N[C@@H]1C[C@H]1c1ccc2ccccc2c1. The maximum Gasteiger partial charge on any atom is 0.213 e. The maximum atomic E-state index is 12.2. The van der Waals surface area contributed by atoms with E-state index in [0.717, 1.165) is 6.42 Å². The van der Waals surface area contributed by atoms with Gasteiger partial charge < -0.3 is 0 Å². The van der Waals surface area contributed by atoms with Crippen LogP contribution in [0.25, 0.3) is 10.8 Å². The summed E-state index contributed by atoms with van der Waals surface area (Å²) in [4.78, 5) is 0. The van der Waals surface area contributed by atoms with Gasteiger partial charge in [-0.2, -0.15) is 5.10 Å². The van der Waals surface area contributed by atoms with Crippen LogP contribution in [0.15, 0.2) is 60.9 Å². The van der Waals surface area contributed by atoms with Crippen molar-refractivity contribution >= 4 is 20.8 Å². The van der Waals surface area contributed by atoms with Crippen LogP contribution in [-0.2, 0) is 16.6 Å². The normalized spacial score (nSPS) is 20.3. The van der Waals surface area contributed by atoms with Crippen molar-refractivity contribution in [2.75, 3.05) is 5.75 Å². The van der Waals surface area contributed by atoms with Gasteiger partial charge in [-0.1, -0.05) is 42.5 Å². The number of hydrogen-bond donors (Lipinski definition) is 1. The Labute approximate surface area is 141 Å². The van der Waals surface area contributed by atoms with Gasteiger partial charge in [0.05, 0.1) is 12.3 Å². The number of hydrogen-bond acceptors (Lipinski definition) is 3. The highest BCUT2D eigenvalue weighted by Gasteiger charge is 2.40. The largest absolute Gasteiger partial charge is 0.272 e. The molecule has 0 radical (unpaired) electrons. The number of fused-ring (bicyclic) bond motifs is 1. The molecular formula is C18H19N3O2S. The van der Waals surface area contributed by atoms with Gasteiger partial charge in [-0.15, -0.1) is 0 Å². The average Bonchev–Trinajstić information content (AvgIpc) is 3.12. The van der Waals surface area contributed by atoms with Crippen molar-refractivity contribution in [3.63, 3.8) is 0 Å². The Balaban J connectivity index is 1.40. The molecule has 0 aliphatic heterocycles. The van der Waals surface area contributed by atoms with E-state index in [4.69, 9.17) is 0 Å². The zero-order chi connectivity index (χ0) is 16.6. The van der Waals surface area contributed by atoms with E-state index >= 15 is 0 Å². The Morgan fingerprint density at radius 2 is 1.96 bits per heavy atom. The highest BCUT2D eigenvalue weighted by molar-refractivity contribution is 7.89. The summed E-state index contributed by atoms with van der Waals surface area (Å²) in [5.41, 5.74) is 1.20. The molecular weight excluding hydrogens is 322 g/mol. The molecule has 1 aliphatic carbocycles. The molecule has 6 heteroatoms. The third-order valence-corrected chi connectivity index (χ3v) is 5.85. The summed E-state index contributed by atoms with van der Waals surface area (Å²) in [5, 5.41) is 6.43. The van der Waals surface area contributed by atoms with Crippen molar-refractivity contribution in [2.45, 2.75) is 24.9 Å². The fourth-order valence-corrected chi connectivity index (χ4v) is 4.34. The highest BCUT2D eigenvalue weighted by atomic mass is 32.2. The topological polar surface area (TPSA) is 64.0 Å². The molecule has 0 bridgehead atoms. The van der Waals surface area contributed by atoms with Gasteiger partial charge >= 0.3 is 0 Å². The smallest absolute Gasteiger partial charge is 0.213 e. The Morgan fingerprint density at radius 3 is 2.75 bits per heavy atom. The predicted octanol–water partition coefficient (Wildman–Crippen LogP) is 2.51. The van der Waals surface area contributed by atoms with Crippen molar-refractivity contribution in [1.82, 2.24) is 14.5 Å². The summed E-state index contributed by atoms with van der Waals surface area (Å²) >= 11 is 0. The summed E-state index contributed by atoms with van der Waals surface area (Å²) in [6.07, 6.45) is 4.28. The van der Waals surface area contributed by atoms with E-state index in [1.54, 1.807) is 23.1 Å². The van der Waals surface area contributed by atoms with Crippen LogP contribution < -0.4 is 4.72 Å². The van der Waals surface area contributed by atoms with E-state index in [1.807, 2.05) is 12.1 Å². The van der Waals surface area contributed by atoms with Gasteiger partial charge in [0.1, 0.15) is 0 Å². The highest BCUT2D eigenvalue weighted by Crippen LogP contribution is 2.42. The van der Waals surface area contributed by atoms with Crippen LogP contribution in [-0.4, -0.2) is 30.0 Å². The van der Waals surface area contributed by atoms with E-state index in [2.05, 4.69) is 40.2 Å². The van der Waals surface area contributed by atoms with Gasteiger partial charge in [-0.3, -0.25) is 4.68 Å². The minimum atomic E-state index is -3.29. The lowest BCUT2D eigenvalue weighted by atomic mass is 10.0. The van der Waals surface area contributed by atoms with E-state index in [1.165, 1.54) is 16.3 Å². The third-order valence-electron chi connectivity index (χ3n) is 4.47. The molecule has 1 aliphatic rings. The van der Waals surface area contributed by atoms with Gasteiger partial charge in [-0.25, -0.2) is 13.1 Å². The molecule has 3 aromatic rings. The Kier molecular flexibility index (Phi) is 3.86. The zero-order valence-corrected chi connectivity index (χ0v) is 14.0. The van der Waals surface area contributed by atoms with E-state index in [-0.39, 0.29) is 17.7 Å². The lowest BCUT2D eigenvalue weighted by Crippen LogP contribution is -2.31. The lowest BCUT2D eigenvalue weighted by Gasteiger charge is -2.07. The summed E-state index contributed by atoms with van der Waals surface area (Å²) in [7, 11) is -3.29. The van der Waals surface area contributed by atoms with Crippen LogP contribution in [0.5, 0.6) is 0 Å². The fourth-order valence-electron chi connectivity index (χ4n) is 3.07. The molecule has 0 saturated heterocycles. The molecule has 0 amide bonds. The van der Waals surface area contributed by atoms with Crippen LogP contribution >= 0.6 is 0 Å². The lowest BCUT2D eigenvalue weighted by molar-refractivity contribution is 0.566. The number of nitrogens with one attached hydrogen (secondary N) is 1. The quantitative estimate of drug-likeness (QED) is 0.749. The third kappa shape index (κ3) is 3.34. The first-order valence-electron chi connectivity index (χ1n) is 8.07. The zero-order valence-electron chi connectivity index (χ0n) is 13.2. The molecule has 1 aromatic heterocycles. The van der Waals surface area contributed by atoms with Crippen molar-refractivity contribution in [3.8, 4) is 0 Å². The van der Waals surface area contributed by atoms with Gasteiger partial charge in [0, 0.05) is 24.4 Å². The molecule has 5 nitrogen and oxygen atoms in total. The minimum absolute atomic E-state index is 0.00813. The van der Waals surface area contributed by atoms with Crippen LogP contribution in [0, 0.1) is 0 Å². The molecule has 1 heterocycles. The molecule has 24 heavy (non-hydrogen) atoms. The van der Waals surface area contributed by atoms with Crippen LogP contribution in [0.1, 0.15) is 17.9 Å². The standard InChI is InChI=1S/C18H19N3O2S/c22-24(23,11-10-21-9-3-8-19-21)20-18-13-17(18)16-7-6-14-4-1-2-5-15(14)12-16/h1-9,12,17-18,20H,10-11,13H2/t17-,18+/m0/s1. The predicted molar refractivity (Wildman–Crippen MR) is 94.2 cm³/mol. The van der Waals surface area contributed by atoms with Crippen LogP contribution in [0.4, 0.5) is 0 Å². The number of benzene rings is 2. The van der Waals surface area contributed by atoms with Crippen molar-refractivity contribution in [2.24, 2.45) is 0 Å². The average molecular weight is 341 g/mol. The maximum absolute atomic E-state index is 12.2. The molecule has 4 rings (SSSR count). The number of aryl methyl sites for hydroxylation is 1. The molecule has 0 unspecified atom stereocenters. The second kappa shape index (κ2) is 6.03.